The molecule has 5 heteroatoms. The van der Waals surface area contributed by atoms with Crippen molar-refractivity contribution in [3.05, 3.63) is 47.9 Å². The maximum atomic E-state index is 12.4. The zero-order chi connectivity index (χ0) is 18.0. The van der Waals surface area contributed by atoms with E-state index in [2.05, 4.69) is 19.2 Å². The Hall–Kier alpha value is -2.43. The quantitative estimate of drug-likeness (QED) is 0.836. The van der Waals surface area contributed by atoms with Crippen molar-refractivity contribution in [2.75, 3.05) is 20.8 Å². The molecule has 1 aliphatic carbocycles. The van der Waals surface area contributed by atoms with Gasteiger partial charge in [0, 0.05) is 23.8 Å². The number of hydrogen-bond acceptors (Lipinski definition) is 4. The zero-order valence-electron chi connectivity index (χ0n) is 15.2. The van der Waals surface area contributed by atoms with Crippen LogP contribution in [0.25, 0.3) is 0 Å². The number of hydrogen-bond donors (Lipinski definition) is 1. The van der Waals surface area contributed by atoms with Gasteiger partial charge in [-0.25, -0.2) is 0 Å². The molecule has 0 unspecified atom stereocenters. The molecule has 0 bridgehead atoms. The van der Waals surface area contributed by atoms with Crippen molar-refractivity contribution in [3.63, 3.8) is 0 Å². The fourth-order valence-corrected chi connectivity index (χ4v) is 3.10. The first-order chi connectivity index (χ1) is 12.0. The average molecular weight is 343 g/mol. The molecule has 134 valence electrons. The minimum absolute atomic E-state index is 0.0207. The summed E-state index contributed by atoms with van der Waals surface area (Å²) in [5.41, 5.74) is 0.869. The van der Waals surface area contributed by atoms with E-state index in [9.17, 15) is 4.79 Å². The molecular formula is C20H25NO4. The number of benzene rings is 1. The van der Waals surface area contributed by atoms with E-state index < -0.39 is 0 Å². The fraction of sp³-hybridized carbons (Fsp3) is 0.450. The van der Waals surface area contributed by atoms with Crippen LogP contribution in [-0.2, 0) is 10.2 Å². The van der Waals surface area contributed by atoms with Gasteiger partial charge in [0.25, 0.3) is 0 Å². The van der Waals surface area contributed by atoms with E-state index in [1.165, 1.54) is 0 Å². The highest BCUT2D eigenvalue weighted by molar-refractivity contribution is 5.82. The summed E-state index contributed by atoms with van der Waals surface area (Å²) in [6.45, 7) is 4.76. The first-order valence-corrected chi connectivity index (χ1v) is 8.50. The molecule has 2 aromatic rings. The van der Waals surface area contributed by atoms with Gasteiger partial charge in [-0.05, 0) is 36.2 Å². The molecular weight excluding hydrogens is 318 g/mol. The number of methoxy groups -OCH3 is 2. The summed E-state index contributed by atoms with van der Waals surface area (Å²) in [6.07, 6.45) is 2.51. The smallest absolute Gasteiger partial charge is 0.223 e. The van der Waals surface area contributed by atoms with Gasteiger partial charge in [0.2, 0.25) is 5.91 Å². The van der Waals surface area contributed by atoms with Gasteiger partial charge in [-0.1, -0.05) is 19.9 Å². The lowest BCUT2D eigenvalue weighted by Gasteiger charge is -2.26. The zero-order valence-corrected chi connectivity index (χ0v) is 15.2. The molecule has 0 radical (unpaired) electrons. The molecule has 25 heavy (non-hydrogen) atoms. The van der Waals surface area contributed by atoms with Gasteiger partial charge >= 0.3 is 0 Å². The molecule has 1 N–H and O–H groups in total. The van der Waals surface area contributed by atoms with Crippen LogP contribution in [-0.4, -0.2) is 26.7 Å². The topological polar surface area (TPSA) is 60.7 Å². The number of amides is 1. The summed E-state index contributed by atoms with van der Waals surface area (Å²) in [5, 5.41) is 3.09. The lowest BCUT2D eigenvalue weighted by Crippen LogP contribution is -2.37. The number of nitrogens with one attached hydrogen (secondary N) is 1. The van der Waals surface area contributed by atoms with Crippen LogP contribution in [0.3, 0.4) is 0 Å². The summed E-state index contributed by atoms with van der Waals surface area (Å²) < 4.78 is 16.1. The van der Waals surface area contributed by atoms with Crippen molar-refractivity contribution < 1.29 is 18.7 Å². The van der Waals surface area contributed by atoms with Crippen molar-refractivity contribution in [2.24, 2.45) is 5.92 Å². The standard InChI is InChI=1S/C20H25NO4/c1-20(2,13-7-8-17(23-3)18(10-13)24-4)12-21-19(22)15-11-14(15)16-6-5-9-25-16/h5-10,14-15H,11-12H2,1-4H3,(H,21,22)/t14-,15-/m1/s1. The van der Waals surface area contributed by atoms with E-state index in [1.54, 1.807) is 20.5 Å². The molecule has 1 amide bonds. The molecule has 1 fully saturated rings. The van der Waals surface area contributed by atoms with Crippen LogP contribution in [0.15, 0.2) is 41.0 Å². The molecule has 1 heterocycles. The second-order valence-electron chi connectivity index (χ2n) is 7.14. The first kappa shape index (κ1) is 17.4. The van der Waals surface area contributed by atoms with Crippen LogP contribution in [0.4, 0.5) is 0 Å². The molecule has 0 saturated heterocycles. The predicted molar refractivity (Wildman–Crippen MR) is 95.1 cm³/mol. The molecule has 1 aromatic heterocycles. The molecule has 0 aliphatic heterocycles. The number of carbonyl (C=O) groups excluding carboxylic acids is 1. The minimum Gasteiger partial charge on any atom is -0.493 e. The first-order valence-electron chi connectivity index (χ1n) is 8.50. The molecule has 1 aromatic carbocycles. The largest absolute Gasteiger partial charge is 0.493 e. The highest BCUT2D eigenvalue weighted by Gasteiger charge is 2.46. The Labute approximate surface area is 148 Å². The van der Waals surface area contributed by atoms with E-state index in [-0.39, 0.29) is 23.2 Å². The van der Waals surface area contributed by atoms with Crippen molar-refractivity contribution in [3.8, 4) is 11.5 Å². The molecule has 5 nitrogen and oxygen atoms in total. The predicted octanol–water partition coefficient (Wildman–Crippen LogP) is 3.49. The summed E-state index contributed by atoms with van der Waals surface area (Å²) in [4.78, 5) is 12.4. The highest BCUT2D eigenvalue weighted by atomic mass is 16.5. The van der Waals surface area contributed by atoms with Crippen LogP contribution in [0.1, 0.15) is 37.5 Å². The van der Waals surface area contributed by atoms with Gasteiger partial charge in [0.15, 0.2) is 11.5 Å². The second-order valence-corrected chi connectivity index (χ2v) is 7.14. The van der Waals surface area contributed by atoms with Gasteiger partial charge in [-0.2, -0.15) is 0 Å². The third kappa shape index (κ3) is 3.65. The highest BCUT2D eigenvalue weighted by Crippen LogP contribution is 2.47. The normalized spacial score (nSPS) is 19.4. The van der Waals surface area contributed by atoms with Crippen molar-refractivity contribution >= 4 is 5.91 Å². The summed E-state index contributed by atoms with van der Waals surface area (Å²) in [7, 11) is 3.24. The Morgan fingerprint density at radius 2 is 2.00 bits per heavy atom. The van der Waals surface area contributed by atoms with Crippen LogP contribution in [0.2, 0.25) is 0 Å². The van der Waals surface area contributed by atoms with Crippen LogP contribution < -0.4 is 14.8 Å². The fourth-order valence-electron chi connectivity index (χ4n) is 3.10. The van der Waals surface area contributed by atoms with Gasteiger partial charge in [0.05, 0.1) is 20.5 Å². The van der Waals surface area contributed by atoms with Crippen LogP contribution in [0, 0.1) is 5.92 Å². The van der Waals surface area contributed by atoms with Gasteiger partial charge in [-0.15, -0.1) is 0 Å². The maximum absolute atomic E-state index is 12.4. The second kappa shape index (κ2) is 6.82. The average Bonchev–Trinajstić information content (AvgIpc) is 3.24. The SMILES string of the molecule is COc1ccc(C(C)(C)CNC(=O)[C@@H]2C[C@H]2c2ccco2)cc1OC. The Morgan fingerprint density at radius 3 is 2.64 bits per heavy atom. The molecule has 0 spiro atoms. The van der Waals surface area contributed by atoms with E-state index in [0.29, 0.717) is 18.0 Å². The van der Waals surface area contributed by atoms with Gasteiger partial charge in [0.1, 0.15) is 5.76 Å². The molecule has 1 saturated carbocycles. The van der Waals surface area contributed by atoms with Crippen LogP contribution >= 0.6 is 0 Å². The van der Waals surface area contributed by atoms with E-state index in [1.807, 2.05) is 30.3 Å². The van der Waals surface area contributed by atoms with Gasteiger partial charge < -0.3 is 19.2 Å². The lowest BCUT2D eigenvalue weighted by atomic mass is 9.84. The molecule has 2 atom stereocenters. The summed E-state index contributed by atoms with van der Waals surface area (Å²) >= 11 is 0. The van der Waals surface area contributed by atoms with Crippen molar-refractivity contribution in [1.82, 2.24) is 5.32 Å². The Balaban J connectivity index is 1.61. The van der Waals surface area contributed by atoms with Crippen molar-refractivity contribution in [2.45, 2.75) is 31.6 Å². The number of furan rings is 1. The van der Waals surface area contributed by atoms with E-state index in [0.717, 1.165) is 17.7 Å². The number of ether oxygens (including phenoxy) is 2. The minimum atomic E-state index is -0.218. The maximum Gasteiger partial charge on any atom is 0.223 e. The Kier molecular flexibility index (Phi) is 4.75. The molecule has 3 rings (SSSR count). The third-order valence-electron chi connectivity index (χ3n) is 4.91. The van der Waals surface area contributed by atoms with Crippen molar-refractivity contribution in [1.29, 1.82) is 0 Å². The lowest BCUT2D eigenvalue weighted by molar-refractivity contribution is -0.122. The monoisotopic (exact) mass is 343 g/mol. The summed E-state index contributed by atoms with van der Waals surface area (Å²) in [5.74, 6) is 2.63. The number of carbonyl (C=O) groups is 1. The third-order valence-corrected chi connectivity index (χ3v) is 4.91. The van der Waals surface area contributed by atoms with E-state index >= 15 is 0 Å². The molecule has 1 aliphatic rings. The Bertz CT molecular complexity index is 736. The number of rotatable bonds is 7. The van der Waals surface area contributed by atoms with E-state index in [4.69, 9.17) is 13.9 Å². The van der Waals surface area contributed by atoms with Crippen LogP contribution in [0.5, 0.6) is 11.5 Å². The Morgan fingerprint density at radius 1 is 1.24 bits per heavy atom. The summed E-state index contributed by atoms with van der Waals surface area (Å²) in [6, 6.07) is 9.67. The van der Waals surface area contributed by atoms with Gasteiger partial charge in [-0.3, -0.25) is 4.79 Å².